The van der Waals surface area contributed by atoms with Crippen LogP contribution in [0, 0.1) is 12.8 Å². The summed E-state index contributed by atoms with van der Waals surface area (Å²) in [7, 11) is 3.80. The zero-order chi connectivity index (χ0) is 29.9. The second kappa shape index (κ2) is 15.8. The standard InChI is InChI=1S/C37H43NO5/c1-28-14-13-21-32(22-28)38(2)23-33-35(41-25-30-17-9-5-10-18-30)36(42-26-31-19-11-6-12-20-31)34(43-37(33)39-3)27-40-24-29-15-7-4-8-16-29/h4-22,33-37H,23-27H2,1-3H3/t33-,34-,35-,36-,37-/m1/s1. The normalized spacial score (nSPS) is 21.9. The molecule has 1 aliphatic rings. The van der Waals surface area contributed by atoms with E-state index in [9.17, 15) is 0 Å². The smallest absolute Gasteiger partial charge is 0.164 e. The average Bonchev–Trinajstić information content (AvgIpc) is 3.05. The molecular weight excluding hydrogens is 538 g/mol. The van der Waals surface area contributed by atoms with Gasteiger partial charge in [0.05, 0.1) is 38.4 Å². The third-order valence-corrected chi connectivity index (χ3v) is 7.89. The molecule has 0 spiro atoms. The summed E-state index contributed by atoms with van der Waals surface area (Å²) in [4.78, 5) is 2.24. The van der Waals surface area contributed by atoms with Crippen LogP contribution >= 0.6 is 0 Å². The molecule has 1 heterocycles. The van der Waals surface area contributed by atoms with Gasteiger partial charge in [0.1, 0.15) is 12.2 Å². The van der Waals surface area contributed by atoms with Crippen molar-refractivity contribution in [1.29, 1.82) is 0 Å². The van der Waals surface area contributed by atoms with Crippen LogP contribution in [-0.2, 0) is 43.5 Å². The van der Waals surface area contributed by atoms with Gasteiger partial charge in [0.15, 0.2) is 6.29 Å². The average molecular weight is 582 g/mol. The number of aryl methyl sites for hydroxylation is 1. The maximum absolute atomic E-state index is 6.80. The van der Waals surface area contributed by atoms with Crippen molar-refractivity contribution in [3.63, 3.8) is 0 Å². The first-order valence-corrected chi connectivity index (χ1v) is 15.0. The van der Waals surface area contributed by atoms with Crippen LogP contribution in [-0.4, -0.2) is 51.9 Å². The van der Waals surface area contributed by atoms with E-state index < -0.39 is 12.4 Å². The quantitative estimate of drug-likeness (QED) is 0.163. The molecular formula is C37H43NO5. The van der Waals surface area contributed by atoms with Crippen LogP contribution in [0.1, 0.15) is 22.3 Å². The molecule has 6 nitrogen and oxygen atoms in total. The summed E-state index contributed by atoms with van der Waals surface area (Å²) in [5.41, 5.74) is 5.65. The number of rotatable bonds is 14. The van der Waals surface area contributed by atoms with Crippen LogP contribution in [0.2, 0.25) is 0 Å². The van der Waals surface area contributed by atoms with Crippen molar-refractivity contribution >= 4 is 5.69 Å². The largest absolute Gasteiger partial charge is 0.374 e. The molecule has 0 amide bonds. The van der Waals surface area contributed by atoms with E-state index in [0.29, 0.717) is 33.0 Å². The zero-order valence-corrected chi connectivity index (χ0v) is 25.4. The van der Waals surface area contributed by atoms with Crippen molar-refractivity contribution in [2.75, 3.05) is 32.2 Å². The number of hydrogen-bond acceptors (Lipinski definition) is 6. The van der Waals surface area contributed by atoms with Gasteiger partial charge in [-0.15, -0.1) is 0 Å². The number of hydrogen-bond donors (Lipinski definition) is 0. The Morgan fingerprint density at radius 1 is 0.674 bits per heavy atom. The molecule has 4 aromatic carbocycles. The Labute approximate surface area is 256 Å². The lowest BCUT2D eigenvalue weighted by atomic mass is 9.89. The number of nitrogens with zero attached hydrogens (tertiary/aromatic N) is 1. The fourth-order valence-corrected chi connectivity index (χ4v) is 5.62. The van der Waals surface area contributed by atoms with E-state index in [1.54, 1.807) is 7.11 Å². The Morgan fingerprint density at radius 3 is 1.79 bits per heavy atom. The van der Waals surface area contributed by atoms with Gasteiger partial charge < -0.3 is 28.6 Å². The molecule has 0 N–H and O–H groups in total. The van der Waals surface area contributed by atoms with Crippen molar-refractivity contribution in [3.05, 3.63) is 138 Å². The molecule has 0 aliphatic carbocycles. The van der Waals surface area contributed by atoms with Gasteiger partial charge in [-0.2, -0.15) is 0 Å². The van der Waals surface area contributed by atoms with E-state index in [0.717, 1.165) is 22.4 Å². The SMILES string of the molecule is CO[C@@H]1O[C@H](COCc2ccccc2)[C@@H](OCc2ccccc2)[C@H](OCc2ccccc2)[C@H]1CN(C)c1cccc(C)c1. The highest BCUT2D eigenvalue weighted by Gasteiger charge is 2.48. The lowest BCUT2D eigenvalue weighted by Crippen LogP contribution is -2.60. The molecule has 6 heteroatoms. The molecule has 1 fully saturated rings. The Morgan fingerprint density at radius 2 is 1.23 bits per heavy atom. The molecule has 1 saturated heterocycles. The molecule has 5 rings (SSSR count). The minimum atomic E-state index is -0.505. The van der Waals surface area contributed by atoms with Gasteiger partial charge in [-0.1, -0.05) is 103 Å². The van der Waals surface area contributed by atoms with E-state index in [1.807, 2.05) is 54.6 Å². The van der Waals surface area contributed by atoms with Gasteiger partial charge in [-0.3, -0.25) is 0 Å². The highest BCUT2D eigenvalue weighted by Crippen LogP contribution is 2.34. The van der Waals surface area contributed by atoms with E-state index in [4.69, 9.17) is 23.7 Å². The van der Waals surface area contributed by atoms with Crippen LogP contribution in [0.15, 0.2) is 115 Å². The third-order valence-electron chi connectivity index (χ3n) is 7.89. The Balaban J connectivity index is 1.42. The number of benzene rings is 4. The highest BCUT2D eigenvalue weighted by atomic mass is 16.7. The van der Waals surface area contributed by atoms with Crippen molar-refractivity contribution in [3.8, 4) is 0 Å². The molecule has 5 atom stereocenters. The fraction of sp³-hybridized carbons (Fsp3) is 0.351. The summed E-state index contributed by atoms with van der Waals surface area (Å²) in [6, 6.07) is 39.2. The molecule has 0 saturated carbocycles. The topological polar surface area (TPSA) is 49.4 Å². The number of methoxy groups -OCH3 is 1. The molecule has 4 aromatic rings. The van der Waals surface area contributed by atoms with Crippen LogP contribution < -0.4 is 4.90 Å². The van der Waals surface area contributed by atoms with Crippen LogP contribution in [0.25, 0.3) is 0 Å². The summed E-state index contributed by atoms with van der Waals surface area (Å²) >= 11 is 0. The van der Waals surface area contributed by atoms with Crippen molar-refractivity contribution < 1.29 is 23.7 Å². The van der Waals surface area contributed by atoms with Crippen molar-refractivity contribution in [2.24, 2.45) is 5.92 Å². The molecule has 226 valence electrons. The molecule has 0 aromatic heterocycles. The predicted molar refractivity (Wildman–Crippen MR) is 170 cm³/mol. The molecule has 0 unspecified atom stereocenters. The Hall–Kier alpha value is -3.52. The summed E-state index contributed by atoms with van der Waals surface area (Å²) < 4.78 is 32.4. The van der Waals surface area contributed by atoms with E-state index in [-0.39, 0.29) is 18.1 Å². The monoisotopic (exact) mass is 581 g/mol. The summed E-state index contributed by atoms with van der Waals surface area (Å²) in [6.07, 6.45) is -1.60. The molecule has 43 heavy (non-hydrogen) atoms. The predicted octanol–water partition coefficient (Wildman–Crippen LogP) is 6.81. The second-order valence-electron chi connectivity index (χ2n) is 11.2. The van der Waals surface area contributed by atoms with E-state index in [1.165, 1.54) is 5.56 Å². The van der Waals surface area contributed by atoms with E-state index in [2.05, 4.69) is 79.5 Å². The van der Waals surface area contributed by atoms with E-state index >= 15 is 0 Å². The minimum absolute atomic E-state index is 0.134. The first-order chi connectivity index (χ1) is 21.1. The van der Waals surface area contributed by atoms with Crippen molar-refractivity contribution in [2.45, 2.75) is 51.3 Å². The lowest BCUT2D eigenvalue weighted by Gasteiger charge is -2.47. The number of anilines is 1. The van der Waals surface area contributed by atoms with Crippen molar-refractivity contribution in [1.82, 2.24) is 0 Å². The third kappa shape index (κ3) is 8.75. The number of ether oxygens (including phenoxy) is 5. The van der Waals surface area contributed by atoms with Gasteiger partial charge in [0.2, 0.25) is 0 Å². The fourth-order valence-electron chi connectivity index (χ4n) is 5.62. The lowest BCUT2D eigenvalue weighted by molar-refractivity contribution is -0.297. The maximum Gasteiger partial charge on any atom is 0.164 e. The molecule has 0 radical (unpaired) electrons. The van der Waals surface area contributed by atoms with Gasteiger partial charge in [-0.25, -0.2) is 0 Å². The second-order valence-corrected chi connectivity index (χ2v) is 11.2. The highest BCUT2D eigenvalue weighted by molar-refractivity contribution is 5.47. The first kappa shape index (κ1) is 30.9. The molecule has 0 bridgehead atoms. The molecule has 1 aliphatic heterocycles. The van der Waals surface area contributed by atoms with Gasteiger partial charge in [-0.05, 0) is 41.3 Å². The zero-order valence-electron chi connectivity index (χ0n) is 25.4. The van der Waals surface area contributed by atoms with Gasteiger partial charge in [0, 0.05) is 26.4 Å². The summed E-state index contributed by atoms with van der Waals surface area (Å²) in [6.45, 7) is 4.49. The Bertz CT molecular complexity index is 1350. The summed E-state index contributed by atoms with van der Waals surface area (Å²) in [5, 5.41) is 0. The van der Waals surface area contributed by atoms with Gasteiger partial charge in [0.25, 0.3) is 0 Å². The van der Waals surface area contributed by atoms with Gasteiger partial charge >= 0.3 is 0 Å². The van der Waals surface area contributed by atoms with Crippen LogP contribution in [0.4, 0.5) is 5.69 Å². The van der Waals surface area contributed by atoms with Crippen LogP contribution in [0.5, 0.6) is 0 Å². The van der Waals surface area contributed by atoms with Crippen LogP contribution in [0.3, 0.4) is 0 Å². The maximum atomic E-state index is 6.80. The Kier molecular flexibility index (Phi) is 11.4. The first-order valence-electron chi connectivity index (χ1n) is 15.0. The summed E-state index contributed by atoms with van der Waals surface area (Å²) in [5.74, 6) is -0.134. The minimum Gasteiger partial charge on any atom is -0.374 e.